The number of hydrogen-bond acceptors (Lipinski definition) is 5. The van der Waals surface area contributed by atoms with Crippen molar-refractivity contribution in [2.45, 2.75) is 19.0 Å². The fourth-order valence-electron chi connectivity index (χ4n) is 2.49. The molecule has 130 valence electrons. The van der Waals surface area contributed by atoms with Crippen molar-refractivity contribution in [2.24, 2.45) is 0 Å². The van der Waals surface area contributed by atoms with Crippen LogP contribution >= 0.6 is 11.6 Å². The summed E-state index contributed by atoms with van der Waals surface area (Å²) in [4.78, 5) is 37.3. The molecule has 1 fully saturated rings. The van der Waals surface area contributed by atoms with Crippen molar-refractivity contribution in [1.82, 2.24) is 15.5 Å². The van der Waals surface area contributed by atoms with E-state index in [2.05, 4.69) is 15.4 Å². The maximum absolute atomic E-state index is 12.2. The average molecular weight is 354 g/mol. The number of benzene rings is 1. The second-order valence-corrected chi connectivity index (χ2v) is 5.83. The molecule has 1 heterocycles. The number of rotatable bonds is 6. The molecular weight excluding hydrogens is 334 g/mol. The molecule has 8 heteroatoms. The molecule has 24 heavy (non-hydrogen) atoms. The van der Waals surface area contributed by atoms with Gasteiger partial charge in [-0.2, -0.15) is 0 Å². The van der Waals surface area contributed by atoms with E-state index in [1.807, 2.05) is 18.2 Å². The minimum atomic E-state index is -0.697. The van der Waals surface area contributed by atoms with Crippen LogP contribution in [-0.2, 0) is 25.7 Å². The van der Waals surface area contributed by atoms with Crippen LogP contribution in [-0.4, -0.2) is 55.5 Å². The molecule has 0 aliphatic carbocycles. The van der Waals surface area contributed by atoms with Crippen LogP contribution in [0.3, 0.4) is 0 Å². The highest BCUT2D eigenvalue weighted by Crippen LogP contribution is 2.14. The normalized spacial score (nSPS) is 17.9. The first-order chi connectivity index (χ1) is 11.5. The number of carbonyl (C=O) groups is 3. The van der Waals surface area contributed by atoms with Crippen LogP contribution in [0, 0.1) is 0 Å². The fourth-order valence-corrected chi connectivity index (χ4v) is 2.69. The van der Waals surface area contributed by atoms with Gasteiger partial charge in [-0.05, 0) is 11.6 Å². The number of esters is 1. The van der Waals surface area contributed by atoms with Crippen LogP contribution in [0.4, 0.5) is 0 Å². The molecule has 2 amide bonds. The summed E-state index contributed by atoms with van der Waals surface area (Å²) >= 11 is 6.05. The lowest BCUT2D eigenvalue weighted by Crippen LogP contribution is -2.57. The van der Waals surface area contributed by atoms with Crippen LogP contribution in [0.15, 0.2) is 24.3 Å². The number of amides is 2. The molecule has 1 aromatic rings. The van der Waals surface area contributed by atoms with E-state index in [4.69, 9.17) is 11.6 Å². The molecule has 1 aliphatic heterocycles. The summed E-state index contributed by atoms with van der Waals surface area (Å²) in [5.41, 5.74) is 0.815. The van der Waals surface area contributed by atoms with Gasteiger partial charge in [0.05, 0.1) is 20.1 Å². The first kappa shape index (κ1) is 18.2. The van der Waals surface area contributed by atoms with Crippen LogP contribution < -0.4 is 10.6 Å². The van der Waals surface area contributed by atoms with Gasteiger partial charge in [0.15, 0.2) is 0 Å². The summed E-state index contributed by atoms with van der Waals surface area (Å²) in [6.45, 7) is 1.26. The molecule has 0 radical (unpaired) electrons. The molecule has 1 aliphatic rings. The van der Waals surface area contributed by atoms with Crippen molar-refractivity contribution >= 4 is 29.4 Å². The predicted molar refractivity (Wildman–Crippen MR) is 88.3 cm³/mol. The van der Waals surface area contributed by atoms with Crippen molar-refractivity contribution in [2.75, 3.05) is 26.7 Å². The lowest BCUT2D eigenvalue weighted by Gasteiger charge is -2.33. The van der Waals surface area contributed by atoms with Crippen molar-refractivity contribution in [1.29, 1.82) is 0 Å². The molecule has 0 saturated carbocycles. The average Bonchev–Trinajstić information content (AvgIpc) is 2.57. The Morgan fingerprint density at radius 1 is 1.42 bits per heavy atom. The van der Waals surface area contributed by atoms with E-state index < -0.39 is 12.0 Å². The highest BCUT2D eigenvalue weighted by Gasteiger charge is 2.32. The molecule has 7 nitrogen and oxygen atoms in total. The van der Waals surface area contributed by atoms with E-state index in [9.17, 15) is 14.4 Å². The number of carbonyl (C=O) groups excluding carboxylic acids is 3. The topological polar surface area (TPSA) is 87.7 Å². The first-order valence-corrected chi connectivity index (χ1v) is 7.97. The Balaban J connectivity index is 1.91. The van der Waals surface area contributed by atoms with Crippen LogP contribution in [0.5, 0.6) is 0 Å². The second-order valence-electron chi connectivity index (χ2n) is 5.43. The van der Waals surface area contributed by atoms with E-state index in [-0.39, 0.29) is 24.8 Å². The zero-order chi connectivity index (χ0) is 17.5. The Morgan fingerprint density at radius 2 is 2.17 bits per heavy atom. The van der Waals surface area contributed by atoms with Crippen LogP contribution in [0.2, 0.25) is 5.02 Å². The van der Waals surface area contributed by atoms with E-state index in [0.29, 0.717) is 24.7 Å². The molecule has 0 unspecified atom stereocenters. The van der Waals surface area contributed by atoms with Gasteiger partial charge in [0, 0.05) is 24.7 Å². The zero-order valence-electron chi connectivity index (χ0n) is 13.4. The summed E-state index contributed by atoms with van der Waals surface area (Å²) < 4.78 is 4.61. The van der Waals surface area contributed by atoms with Gasteiger partial charge in [-0.1, -0.05) is 29.8 Å². The largest absolute Gasteiger partial charge is 0.469 e. The number of nitrogens with one attached hydrogen (secondary N) is 2. The summed E-state index contributed by atoms with van der Waals surface area (Å²) in [7, 11) is 1.27. The summed E-state index contributed by atoms with van der Waals surface area (Å²) in [6, 6.07) is 6.55. The van der Waals surface area contributed by atoms with Gasteiger partial charge in [-0.3, -0.25) is 19.3 Å². The van der Waals surface area contributed by atoms with E-state index >= 15 is 0 Å². The SMILES string of the molecule is COC(=O)C[C@H]1C(=O)NCCN1CC(=O)NCc1ccccc1Cl. The van der Waals surface area contributed by atoms with Crippen molar-refractivity contribution in [3.8, 4) is 0 Å². The summed E-state index contributed by atoms with van der Waals surface area (Å²) in [5.74, 6) is -0.997. The Labute approximate surface area is 145 Å². The standard InChI is InChI=1S/C16H20ClN3O4/c1-24-15(22)8-13-16(23)18-6-7-20(13)10-14(21)19-9-11-4-2-3-5-12(11)17/h2-5,13H,6-10H2,1H3,(H,18,23)(H,19,21)/t13-/m0/s1. The Morgan fingerprint density at radius 3 is 2.88 bits per heavy atom. The minimum Gasteiger partial charge on any atom is -0.469 e. The third-order valence-electron chi connectivity index (χ3n) is 3.81. The van der Waals surface area contributed by atoms with Gasteiger partial charge in [0.1, 0.15) is 6.04 Å². The Bertz CT molecular complexity index is 623. The van der Waals surface area contributed by atoms with Gasteiger partial charge in [-0.25, -0.2) is 0 Å². The summed E-state index contributed by atoms with van der Waals surface area (Å²) in [5, 5.41) is 6.05. The van der Waals surface area contributed by atoms with Gasteiger partial charge in [0.2, 0.25) is 11.8 Å². The molecular formula is C16H20ClN3O4. The third kappa shape index (κ3) is 4.94. The van der Waals surface area contributed by atoms with E-state index in [1.165, 1.54) is 7.11 Å². The zero-order valence-corrected chi connectivity index (χ0v) is 14.1. The van der Waals surface area contributed by atoms with Crippen molar-refractivity contribution < 1.29 is 19.1 Å². The molecule has 0 aromatic heterocycles. The number of ether oxygens (including phenoxy) is 1. The molecule has 1 atom stereocenters. The highest BCUT2D eigenvalue weighted by atomic mass is 35.5. The number of methoxy groups -OCH3 is 1. The predicted octanol–water partition coefficient (Wildman–Crippen LogP) is 0.320. The van der Waals surface area contributed by atoms with Gasteiger partial charge in [0.25, 0.3) is 0 Å². The van der Waals surface area contributed by atoms with Gasteiger partial charge >= 0.3 is 5.97 Å². The molecule has 0 bridgehead atoms. The number of piperazine rings is 1. The molecule has 1 saturated heterocycles. The highest BCUT2D eigenvalue weighted by molar-refractivity contribution is 6.31. The number of nitrogens with zero attached hydrogens (tertiary/aromatic N) is 1. The van der Waals surface area contributed by atoms with Crippen molar-refractivity contribution in [3.63, 3.8) is 0 Å². The summed E-state index contributed by atoms with van der Waals surface area (Å²) in [6.07, 6.45) is -0.0832. The lowest BCUT2D eigenvalue weighted by molar-refractivity contribution is -0.146. The van der Waals surface area contributed by atoms with Gasteiger partial charge in [-0.15, -0.1) is 0 Å². The third-order valence-corrected chi connectivity index (χ3v) is 4.18. The minimum absolute atomic E-state index is 0.0273. The molecule has 0 spiro atoms. The maximum atomic E-state index is 12.2. The first-order valence-electron chi connectivity index (χ1n) is 7.60. The monoisotopic (exact) mass is 353 g/mol. The maximum Gasteiger partial charge on any atom is 0.307 e. The van der Waals surface area contributed by atoms with Crippen LogP contribution in [0.1, 0.15) is 12.0 Å². The van der Waals surface area contributed by atoms with Crippen molar-refractivity contribution in [3.05, 3.63) is 34.9 Å². The van der Waals surface area contributed by atoms with Gasteiger partial charge < -0.3 is 15.4 Å². The molecule has 1 aromatic carbocycles. The van der Waals surface area contributed by atoms with E-state index in [0.717, 1.165) is 5.56 Å². The number of hydrogen-bond donors (Lipinski definition) is 2. The molecule has 2 rings (SSSR count). The smallest absolute Gasteiger partial charge is 0.307 e. The number of halogens is 1. The lowest BCUT2D eigenvalue weighted by atomic mass is 10.1. The second kappa shape index (κ2) is 8.65. The quantitative estimate of drug-likeness (QED) is 0.719. The van der Waals surface area contributed by atoms with E-state index in [1.54, 1.807) is 11.0 Å². The van der Waals surface area contributed by atoms with Crippen LogP contribution in [0.25, 0.3) is 0 Å². The fraction of sp³-hybridized carbons (Fsp3) is 0.438. The molecule has 2 N–H and O–H groups in total. The Hall–Kier alpha value is -2.12. The Kier molecular flexibility index (Phi) is 6.57.